The fraction of sp³-hybridized carbons (Fsp3) is 0.750. The minimum Gasteiger partial charge on any atom is -0.480 e. The van der Waals surface area contributed by atoms with Crippen LogP contribution in [0.3, 0.4) is 0 Å². The predicted molar refractivity (Wildman–Crippen MR) is 77.7 cm³/mol. The number of ether oxygens (including phenoxy) is 2. The lowest BCUT2D eigenvalue weighted by atomic mass is 9.96. The second-order valence-corrected chi connectivity index (χ2v) is 6.40. The number of amides is 1. The average molecular weight is 399 g/mol. The van der Waals surface area contributed by atoms with Crippen molar-refractivity contribution in [2.24, 2.45) is 5.92 Å². The summed E-state index contributed by atoms with van der Waals surface area (Å²) >= 11 is 2.06. The van der Waals surface area contributed by atoms with E-state index in [4.69, 9.17) is 9.47 Å². The Hall–Kier alpha value is -1.06. The lowest BCUT2D eigenvalue weighted by Gasteiger charge is -2.23. The molecule has 2 N–H and O–H groups in total. The lowest BCUT2D eigenvalue weighted by Crippen LogP contribution is -2.49. The second kappa shape index (κ2) is 6.59. The first-order valence-electron chi connectivity index (χ1n) is 6.13. The van der Waals surface area contributed by atoms with Gasteiger partial charge in [-0.15, -0.1) is 0 Å². The van der Waals surface area contributed by atoms with E-state index in [0.29, 0.717) is 4.43 Å². The van der Waals surface area contributed by atoms with Crippen LogP contribution in [0.2, 0.25) is 0 Å². The number of carboxylic acid groups (broad SMARTS) is 1. The van der Waals surface area contributed by atoms with Crippen molar-refractivity contribution in [3.05, 3.63) is 0 Å². The van der Waals surface area contributed by atoms with Crippen molar-refractivity contribution in [1.29, 1.82) is 0 Å². The summed E-state index contributed by atoms with van der Waals surface area (Å²) in [5.41, 5.74) is -0.742. The van der Waals surface area contributed by atoms with Crippen LogP contribution >= 0.6 is 22.6 Å². The number of hydrogen-bond acceptors (Lipinski definition) is 5. The van der Waals surface area contributed by atoms with Gasteiger partial charge < -0.3 is 19.9 Å². The van der Waals surface area contributed by atoms with Crippen LogP contribution < -0.4 is 5.32 Å². The summed E-state index contributed by atoms with van der Waals surface area (Å²) in [6, 6.07) is -1.34. The Morgan fingerprint density at radius 1 is 1.55 bits per heavy atom. The third-order valence-corrected chi connectivity index (χ3v) is 3.60. The smallest absolute Gasteiger partial charge is 0.408 e. The van der Waals surface area contributed by atoms with Gasteiger partial charge >= 0.3 is 18.0 Å². The average Bonchev–Trinajstić information content (AvgIpc) is 2.64. The minimum atomic E-state index is -1.34. The monoisotopic (exact) mass is 399 g/mol. The van der Waals surface area contributed by atoms with Crippen molar-refractivity contribution in [2.75, 3.05) is 4.43 Å². The standard InChI is InChI=1S/C12H18INO6/c1-12(2,3)20-11(18)14-8(9(15)16)7-4-6(5-13)19-10(7)17/h6-8H,4-5H2,1-3H3,(H,14,18)(H,15,16). The van der Waals surface area contributed by atoms with Gasteiger partial charge in [0.1, 0.15) is 17.7 Å². The molecule has 1 amide bonds. The summed E-state index contributed by atoms with van der Waals surface area (Å²) < 4.78 is 10.6. The largest absolute Gasteiger partial charge is 0.480 e. The quantitative estimate of drug-likeness (QED) is 0.420. The summed E-state index contributed by atoms with van der Waals surface area (Å²) in [7, 11) is 0. The Bertz CT molecular complexity index is 405. The maximum Gasteiger partial charge on any atom is 0.408 e. The fourth-order valence-corrected chi connectivity index (χ4v) is 2.35. The molecule has 0 aliphatic carbocycles. The SMILES string of the molecule is CC(C)(C)OC(=O)NC(C(=O)O)C1CC(CI)OC1=O. The summed E-state index contributed by atoms with van der Waals surface area (Å²) in [6.07, 6.45) is -0.903. The number of alkyl carbamates (subject to hydrolysis) is 1. The molecule has 0 saturated carbocycles. The third kappa shape index (κ3) is 4.80. The number of carbonyl (C=O) groups is 3. The van der Waals surface area contributed by atoms with E-state index in [2.05, 4.69) is 27.9 Å². The highest BCUT2D eigenvalue weighted by Gasteiger charge is 2.43. The molecular weight excluding hydrogens is 381 g/mol. The molecule has 3 atom stereocenters. The highest BCUT2D eigenvalue weighted by molar-refractivity contribution is 14.1. The molecule has 1 fully saturated rings. The third-order valence-electron chi connectivity index (χ3n) is 2.62. The molecule has 8 heteroatoms. The van der Waals surface area contributed by atoms with E-state index >= 15 is 0 Å². The van der Waals surface area contributed by atoms with Gasteiger partial charge in [-0.2, -0.15) is 0 Å². The molecule has 3 unspecified atom stereocenters. The van der Waals surface area contributed by atoms with Crippen LogP contribution in [0, 0.1) is 5.92 Å². The van der Waals surface area contributed by atoms with Crippen LogP contribution in [0.15, 0.2) is 0 Å². The number of halogens is 1. The Balaban J connectivity index is 2.73. The summed E-state index contributed by atoms with van der Waals surface area (Å²) in [6.45, 7) is 4.99. The number of nitrogens with one attached hydrogen (secondary N) is 1. The Labute approximate surface area is 130 Å². The minimum absolute atomic E-state index is 0.272. The fourth-order valence-electron chi connectivity index (χ4n) is 1.81. The van der Waals surface area contributed by atoms with Gasteiger partial charge in [0.05, 0.1) is 5.92 Å². The van der Waals surface area contributed by atoms with Crippen molar-refractivity contribution in [1.82, 2.24) is 5.32 Å². The van der Waals surface area contributed by atoms with Crippen LogP contribution in [0.25, 0.3) is 0 Å². The van der Waals surface area contributed by atoms with Crippen LogP contribution in [0.5, 0.6) is 0 Å². The van der Waals surface area contributed by atoms with Gasteiger partial charge in [-0.05, 0) is 20.8 Å². The number of hydrogen-bond donors (Lipinski definition) is 2. The van der Waals surface area contributed by atoms with E-state index in [1.807, 2.05) is 0 Å². The van der Waals surface area contributed by atoms with Gasteiger partial charge in [0.2, 0.25) is 0 Å². The second-order valence-electron chi connectivity index (χ2n) is 5.52. The maximum absolute atomic E-state index is 11.7. The molecule has 1 aliphatic heterocycles. The van der Waals surface area contributed by atoms with E-state index in [0.717, 1.165) is 0 Å². The molecule has 1 rings (SSSR count). The Morgan fingerprint density at radius 2 is 2.15 bits per heavy atom. The molecule has 0 aromatic carbocycles. The van der Waals surface area contributed by atoms with Gasteiger partial charge in [0.25, 0.3) is 0 Å². The van der Waals surface area contributed by atoms with Crippen molar-refractivity contribution in [3.8, 4) is 0 Å². The predicted octanol–water partition coefficient (Wildman–Crippen LogP) is 1.33. The zero-order valence-corrected chi connectivity index (χ0v) is 13.7. The Morgan fingerprint density at radius 3 is 2.55 bits per heavy atom. The van der Waals surface area contributed by atoms with Crippen molar-refractivity contribution < 1.29 is 29.0 Å². The zero-order valence-electron chi connectivity index (χ0n) is 11.5. The number of carbonyl (C=O) groups excluding carboxylic acids is 2. The molecule has 1 saturated heterocycles. The first-order chi connectivity index (χ1) is 9.14. The topological polar surface area (TPSA) is 102 Å². The van der Waals surface area contributed by atoms with E-state index in [1.54, 1.807) is 20.8 Å². The van der Waals surface area contributed by atoms with E-state index in [1.165, 1.54) is 0 Å². The molecule has 114 valence electrons. The first kappa shape index (κ1) is 17.0. The number of cyclic esters (lactones) is 1. The first-order valence-corrected chi connectivity index (χ1v) is 7.65. The zero-order chi connectivity index (χ0) is 15.5. The number of esters is 1. The van der Waals surface area contributed by atoms with Crippen LogP contribution in [0.4, 0.5) is 4.79 Å². The normalized spacial score (nSPS) is 23.9. The van der Waals surface area contributed by atoms with Crippen molar-refractivity contribution in [3.63, 3.8) is 0 Å². The van der Waals surface area contributed by atoms with Crippen molar-refractivity contribution in [2.45, 2.75) is 44.9 Å². The molecule has 7 nitrogen and oxygen atoms in total. The molecule has 0 bridgehead atoms. The molecule has 1 heterocycles. The molecule has 0 radical (unpaired) electrons. The molecular formula is C12H18INO6. The van der Waals surface area contributed by atoms with Crippen LogP contribution in [-0.2, 0) is 19.1 Å². The van der Waals surface area contributed by atoms with Gasteiger partial charge in [-0.3, -0.25) is 4.79 Å². The molecule has 0 aromatic heterocycles. The molecule has 0 spiro atoms. The lowest BCUT2D eigenvalue weighted by molar-refractivity contribution is -0.150. The summed E-state index contributed by atoms with van der Waals surface area (Å²) in [5, 5.41) is 11.4. The number of alkyl halides is 1. The van der Waals surface area contributed by atoms with Gasteiger partial charge in [-0.25, -0.2) is 9.59 Å². The van der Waals surface area contributed by atoms with Gasteiger partial charge in [0.15, 0.2) is 0 Å². The van der Waals surface area contributed by atoms with Crippen LogP contribution in [0.1, 0.15) is 27.2 Å². The van der Waals surface area contributed by atoms with E-state index < -0.39 is 35.6 Å². The van der Waals surface area contributed by atoms with Crippen molar-refractivity contribution >= 4 is 40.6 Å². The summed E-state index contributed by atoms with van der Waals surface area (Å²) in [4.78, 5) is 34.6. The van der Waals surface area contributed by atoms with Crippen LogP contribution in [-0.4, -0.2) is 45.3 Å². The van der Waals surface area contributed by atoms with E-state index in [9.17, 15) is 19.5 Å². The van der Waals surface area contributed by atoms with Gasteiger partial charge in [0, 0.05) is 10.8 Å². The number of aliphatic carboxylic acids is 1. The van der Waals surface area contributed by atoms with E-state index in [-0.39, 0.29) is 12.5 Å². The number of rotatable bonds is 4. The van der Waals surface area contributed by atoms with Gasteiger partial charge in [-0.1, -0.05) is 22.6 Å². The molecule has 20 heavy (non-hydrogen) atoms. The molecule has 0 aromatic rings. The maximum atomic E-state index is 11.7. The highest BCUT2D eigenvalue weighted by atomic mass is 127. The highest BCUT2D eigenvalue weighted by Crippen LogP contribution is 2.26. The Kier molecular flexibility index (Phi) is 5.60. The number of carboxylic acids is 1. The molecule has 1 aliphatic rings. The summed E-state index contributed by atoms with van der Waals surface area (Å²) in [5.74, 6) is -2.78.